The Morgan fingerprint density at radius 3 is 2.66 bits per heavy atom. The highest BCUT2D eigenvalue weighted by atomic mass is 32.2. The molecule has 2 unspecified atom stereocenters. The van der Waals surface area contributed by atoms with E-state index in [-0.39, 0.29) is 12.6 Å². The highest BCUT2D eigenvalue weighted by molar-refractivity contribution is 8.01. The molecule has 0 aliphatic carbocycles. The Balaban J connectivity index is 1.40. The highest BCUT2D eigenvalue weighted by Gasteiger charge is 2.49. The van der Waals surface area contributed by atoms with Gasteiger partial charge in [0.1, 0.15) is 23.2 Å². The third kappa shape index (κ3) is 4.90. The fraction of sp³-hybridized carbons (Fsp3) is 0.480. The molecule has 1 N–H and O–H groups in total. The summed E-state index contributed by atoms with van der Waals surface area (Å²) in [6.45, 7) is 6.93. The second-order valence-electron chi connectivity index (χ2n) is 8.53. The quantitative estimate of drug-likeness (QED) is 0.669. The van der Waals surface area contributed by atoms with Gasteiger partial charge in [0.2, 0.25) is 0 Å². The number of rotatable bonds is 6. The Bertz CT molecular complexity index is 917. The normalized spacial score (nSPS) is 23.7. The van der Waals surface area contributed by atoms with Crippen molar-refractivity contribution in [3.05, 3.63) is 54.1 Å². The lowest BCUT2D eigenvalue weighted by molar-refractivity contribution is -0.147. The number of methoxy groups -OCH3 is 1. The van der Waals surface area contributed by atoms with E-state index in [4.69, 9.17) is 9.47 Å². The van der Waals surface area contributed by atoms with Gasteiger partial charge in [-0.05, 0) is 56.1 Å². The van der Waals surface area contributed by atoms with Crippen LogP contribution in [0.5, 0.6) is 5.75 Å². The average Bonchev–Trinajstić information content (AvgIpc) is 2.96. The number of carbonyl (C=O) groups excluding carboxylic acids is 1. The first-order chi connectivity index (χ1) is 15.5. The van der Waals surface area contributed by atoms with Crippen molar-refractivity contribution >= 4 is 23.4 Å². The zero-order valence-electron chi connectivity index (χ0n) is 18.8. The van der Waals surface area contributed by atoms with Gasteiger partial charge in [-0.2, -0.15) is 0 Å². The number of ether oxygens (including phenoxy) is 2. The molecule has 0 amide bonds. The summed E-state index contributed by atoms with van der Waals surface area (Å²) in [7, 11) is 1.39. The lowest BCUT2D eigenvalue weighted by atomic mass is 9.95. The number of carbonyl (C=O) groups is 1. The summed E-state index contributed by atoms with van der Waals surface area (Å²) in [5, 5.41) is 11.0. The van der Waals surface area contributed by atoms with Crippen molar-refractivity contribution in [3.63, 3.8) is 0 Å². The first-order valence-corrected chi connectivity index (χ1v) is 12.0. The Hall–Kier alpha value is -2.22. The molecule has 32 heavy (non-hydrogen) atoms. The van der Waals surface area contributed by atoms with Crippen LogP contribution >= 0.6 is 11.8 Å². The molecule has 6 nitrogen and oxygen atoms in total. The predicted molar refractivity (Wildman–Crippen MR) is 128 cm³/mol. The third-order valence-electron chi connectivity index (χ3n) is 6.37. The molecular formula is C25H32N2O4S. The number of hydrogen-bond acceptors (Lipinski definition) is 7. The van der Waals surface area contributed by atoms with Gasteiger partial charge in [0, 0.05) is 31.9 Å². The molecule has 2 aliphatic rings. The molecule has 172 valence electrons. The van der Waals surface area contributed by atoms with Gasteiger partial charge in [0.15, 0.2) is 0 Å². The van der Waals surface area contributed by atoms with Gasteiger partial charge in [-0.1, -0.05) is 24.3 Å². The van der Waals surface area contributed by atoms with E-state index in [1.165, 1.54) is 24.6 Å². The van der Waals surface area contributed by atoms with Crippen molar-refractivity contribution in [1.82, 2.24) is 4.90 Å². The maximum atomic E-state index is 12.9. The van der Waals surface area contributed by atoms with Gasteiger partial charge < -0.3 is 19.5 Å². The lowest BCUT2D eigenvalue weighted by Gasteiger charge is -2.37. The van der Waals surface area contributed by atoms with E-state index in [2.05, 4.69) is 34.1 Å². The molecule has 0 bridgehead atoms. The molecular weight excluding hydrogens is 424 g/mol. The first-order valence-electron chi connectivity index (χ1n) is 11.2. The number of hydrogen-bond donors (Lipinski definition) is 1. The minimum Gasteiger partial charge on any atom is -0.490 e. The van der Waals surface area contributed by atoms with Gasteiger partial charge in [-0.15, -0.1) is 11.8 Å². The predicted octanol–water partition coefficient (Wildman–Crippen LogP) is 3.35. The topological polar surface area (TPSA) is 62.2 Å². The maximum Gasteiger partial charge on any atom is 0.325 e. The van der Waals surface area contributed by atoms with Crippen LogP contribution in [0.2, 0.25) is 0 Å². The SMILES string of the molecule is COC(=O)C1(CCCN2CCN(c3ccccc3)CC2)Sc2cc(C)ccc2OCC1O. The van der Waals surface area contributed by atoms with Crippen LogP contribution in [0.3, 0.4) is 0 Å². The smallest absolute Gasteiger partial charge is 0.325 e. The molecule has 7 heteroatoms. The van der Waals surface area contributed by atoms with Crippen LogP contribution < -0.4 is 9.64 Å². The molecule has 4 rings (SSSR count). The van der Waals surface area contributed by atoms with Crippen molar-refractivity contribution < 1.29 is 19.4 Å². The molecule has 0 aromatic heterocycles. The number of aryl methyl sites for hydroxylation is 1. The molecule has 1 fully saturated rings. The minimum absolute atomic E-state index is 0.0773. The van der Waals surface area contributed by atoms with E-state index in [0.29, 0.717) is 12.2 Å². The molecule has 2 aromatic carbocycles. The van der Waals surface area contributed by atoms with E-state index in [0.717, 1.165) is 49.6 Å². The minimum atomic E-state index is -1.07. The molecule has 0 spiro atoms. The number of anilines is 1. The van der Waals surface area contributed by atoms with E-state index in [1.807, 2.05) is 31.2 Å². The first kappa shape index (κ1) is 23.0. The second kappa shape index (κ2) is 10.1. The number of aliphatic hydroxyl groups is 1. The largest absolute Gasteiger partial charge is 0.490 e. The van der Waals surface area contributed by atoms with Crippen molar-refractivity contribution in [2.75, 3.05) is 51.3 Å². The van der Waals surface area contributed by atoms with Crippen molar-refractivity contribution in [2.24, 2.45) is 0 Å². The van der Waals surface area contributed by atoms with Crippen molar-refractivity contribution in [1.29, 1.82) is 0 Å². The van der Waals surface area contributed by atoms with Gasteiger partial charge in [-0.25, -0.2) is 0 Å². The standard InChI is InChI=1S/C25H32N2O4S/c1-19-9-10-21-22(17-19)32-25(24(29)30-2,23(28)18-31-21)11-6-12-26-13-15-27(16-14-26)20-7-4-3-5-8-20/h3-5,7-10,17,23,28H,6,11-16,18H2,1-2H3. The average molecular weight is 457 g/mol. The molecule has 2 heterocycles. The van der Waals surface area contributed by atoms with Gasteiger partial charge in [-0.3, -0.25) is 9.69 Å². The van der Waals surface area contributed by atoms with Crippen LogP contribution in [0.4, 0.5) is 5.69 Å². The van der Waals surface area contributed by atoms with Crippen LogP contribution in [0.15, 0.2) is 53.4 Å². The molecule has 2 aromatic rings. The monoisotopic (exact) mass is 456 g/mol. The fourth-order valence-electron chi connectivity index (χ4n) is 4.49. The van der Waals surface area contributed by atoms with Crippen LogP contribution in [0, 0.1) is 6.92 Å². The number of esters is 1. The zero-order chi connectivity index (χ0) is 22.6. The van der Waals surface area contributed by atoms with Gasteiger partial charge >= 0.3 is 5.97 Å². The molecule has 2 atom stereocenters. The summed E-state index contributed by atoms with van der Waals surface area (Å²) in [6, 6.07) is 16.4. The molecule has 2 aliphatic heterocycles. The Kier molecular flexibility index (Phi) is 7.28. The Morgan fingerprint density at radius 2 is 1.94 bits per heavy atom. The summed E-state index contributed by atoms with van der Waals surface area (Å²) >= 11 is 1.39. The summed E-state index contributed by atoms with van der Waals surface area (Å²) in [6.07, 6.45) is 0.384. The van der Waals surface area contributed by atoms with Crippen molar-refractivity contribution in [3.8, 4) is 5.75 Å². The summed E-state index contributed by atoms with van der Waals surface area (Å²) in [5.74, 6) is 0.323. The Labute approximate surface area is 194 Å². The third-order valence-corrected chi connectivity index (χ3v) is 7.92. The maximum absolute atomic E-state index is 12.9. The van der Waals surface area contributed by atoms with E-state index in [1.54, 1.807) is 0 Å². The van der Waals surface area contributed by atoms with Gasteiger partial charge in [0.05, 0.1) is 12.0 Å². The van der Waals surface area contributed by atoms with Crippen molar-refractivity contribution in [2.45, 2.75) is 35.5 Å². The molecule has 0 radical (unpaired) electrons. The van der Waals surface area contributed by atoms with Crippen LogP contribution in [0.1, 0.15) is 18.4 Å². The van der Waals surface area contributed by atoms with Gasteiger partial charge in [0.25, 0.3) is 0 Å². The fourth-order valence-corrected chi connectivity index (χ4v) is 5.97. The zero-order valence-corrected chi connectivity index (χ0v) is 19.6. The lowest BCUT2D eigenvalue weighted by Crippen LogP contribution is -2.50. The molecule has 0 saturated carbocycles. The number of para-hydroxylation sites is 1. The van der Waals surface area contributed by atoms with Crippen LogP contribution in [-0.2, 0) is 9.53 Å². The highest BCUT2D eigenvalue weighted by Crippen LogP contribution is 2.46. The number of piperazine rings is 1. The number of benzene rings is 2. The van der Waals surface area contributed by atoms with E-state index >= 15 is 0 Å². The Morgan fingerprint density at radius 1 is 1.19 bits per heavy atom. The number of thioether (sulfide) groups is 1. The number of fused-ring (bicyclic) bond motifs is 1. The van der Waals surface area contributed by atoms with Crippen LogP contribution in [-0.4, -0.2) is 73.3 Å². The van der Waals surface area contributed by atoms with Crippen LogP contribution in [0.25, 0.3) is 0 Å². The van der Waals surface area contributed by atoms with E-state index < -0.39 is 10.9 Å². The summed E-state index contributed by atoms with van der Waals surface area (Å²) < 4.78 is 9.93. The molecule has 1 saturated heterocycles. The summed E-state index contributed by atoms with van der Waals surface area (Å²) in [4.78, 5) is 18.7. The number of aliphatic hydroxyl groups excluding tert-OH is 1. The van der Waals surface area contributed by atoms with E-state index in [9.17, 15) is 9.90 Å². The number of nitrogens with zero attached hydrogens (tertiary/aromatic N) is 2. The second-order valence-corrected chi connectivity index (χ2v) is 9.90. The summed E-state index contributed by atoms with van der Waals surface area (Å²) in [5.41, 5.74) is 2.36.